The highest BCUT2D eigenvalue weighted by Crippen LogP contribution is 2.73. The number of benzene rings is 1. The van der Waals surface area contributed by atoms with E-state index in [-0.39, 0.29) is 16.2 Å². The van der Waals surface area contributed by atoms with Crippen molar-refractivity contribution in [2.45, 2.75) is 104 Å². The number of allylic oxidation sites excluding steroid dienone is 1. The summed E-state index contributed by atoms with van der Waals surface area (Å²) < 4.78 is 12.4. The first-order valence-corrected chi connectivity index (χ1v) is 17.9. The van der Waals surface area contributed by atoms with Crippen molar-refractivity contribution < 1.29 is 14.3 Å². The first-order chi connectivity index (χ1) is 17.6. The average Bonchev–Trinajstić information content (AvgIpc) is 3.27. The van der Waals surface area contributed by atoms with E-state index in [2.05, 4.69) is 64.7 Å². The van der Waals surface area contributed by atoms with Gasteiger partial charge in [0.2, 0.25) is 0 Å². The second kappa shape index (κ2) is 11.6. The monoisotopic (exact) mass is 526 g/mol. The summed E-state index contributed by atoms with van der Waals surface area (Å²) in [5, 5.41) is 9.30. The van der Waals surface area contributed by atoms with Crippen molar-refractivity contribution in [1.29, 1.82) is 0 Å². The van der Waals surface area contributed by atoms with Gasteiger partial charge in [0.1, 0.15) is 5.75 Å². The van der Waals surface area contributed by atoms with Crippen LogP contribution in [0.3, 0.4) is 0 Å². The summed E-state index contributed by atoms with van der Waals surface area (Å²) in [6, 6.07) is 6.90. The van der Waals surface area contributed by atoms with E-state index in [1.165, 1.54) is 50.5 Å². The van der Waals surface area contributed by atoms with Crippen LogP contribution in [0, 0.1) is 34.0 Å². The second-order valence-corrected chi connectivity index (χ2v) is 16.3. The molecule has 0 aromatic heterocycles. The first-order valence-electron chi connectivity index (χ1n) is 15.2. The fourth-order valence-electron chi connectivity index (χ4n) is 9.34. The summed E-state index contributed by atoms with van der Waals surface area (Å²) >= 11 is 0. The molecule has 0 bridgehead atoms. The third-order valence-electron chi connectivity index (χ3n) is 10.6. The summed E-state index contributed by atoms with van der Waals surface area (Å²) in [6.45, 7) is 18.0. The Hall–Kier alpha value is -1.10. The van der Waals surface area contributed by atoms with Crippen LogP contribution >= 0.6 is 0 Å². The number of hydrogen-bond acceptors (Lipinski definition) is 3. The van der Waals surface area contributed by atoms with Crippen molar-refractivity contribution in [2.75, 3.05) is 20.3 Å². The van der Waals surface area contributed by atoms with E-state index in [0.717, 1.165) is 31.6 Å². The standard InChI is InChI=1S/C33H54O3Si/c1-8-32-19-18-24-21-26(35-5)14-15-27(24)30(32)25(13-11-9-10-12-20-34)22-33(23-36-37(6)7)28(31(2,3)4)16-17-29(32)33/h8,14-15,21,25,28-30,34,37H,1,9-13,16-20,22-23H2,2-7H3/t25-,28+,29-,30+,32-,33-/m0/s1. The Kier molecular flexibility index (Phi) is 9.03. The minimum Gasteiger partial charge on any atom is -0.497 e. The largest absolute Gasteiger partial charge is 0.497 e. The molecule has 208 valence electrons. The van der Waals surface area contributed by atoms with Crippen LogP contribution in [0.1, 0.15) is 95.6 Å². The Labute approximate surface area is 229 Å². The maximum absolute atomic E-state index is 9.30. The van der Waals surface area contributed by atoms with E-state index in [0.29, 0.717) is 30.3 Å². The molecule has 2 fully saturated rings. The summed E-state index contributed by atoms with van der Waals surface area (Å²) in [5.41, 5.74) is 3.71. The molecule has 0 radical (unpaired) electrons. The number of aryl methyl sites for hydroxylation is 1. The van der Waals surface area contributed by atoms with E-state index >= 15 is 0 Å². The molecule has 6 atom stereocenters. The Morgan fingerprint density at radius 3 is 2.54 bits per heavy atom. The Balaban J connectivity index is 1.80. The van der Waals surface area contributed by atoms with E-state index in [9.17, 15) is 5.11 Å². The highest BCUT2D eigenvalue weighted by molar-refractivity contribution is 6.48. The lowest BCUT2D eigenvalue weighted by molar-refractivity contribution is -0.108. The number of methoxy groups -OCH3 is 1. The van der Waals surface area contributed by atoms with Crippen LogP contribution < -0.4 is 4.74 Å². The van der Waals surface area contributed by atoms with E-state index in [1.54, 1.807) is 12.7 Å². The van der Waals surface area contributed by atoms with Gasteiger partial charge in [0.25, 0.3) is 0 Å². The van der Waals surface area contributed by atoms with Gasteiger partial charge in [-0.1, -0.05) is 52.2 Å². The maximum atomic E-state index is 9.30. The highest BCUT2D eigenvalue weighted by atomic mass is 28.3. The minimum atomic E-state index is -1.13. The quantitative estimate of drug-likeness (QED) is 0.181. The average molecular weight is 527 g/mol. The highest BCUT2D eigenvalue weighted by Gasteiger charge is 2.66. The Bertz CT molecular complexity index is 921. The molecule has 37 heavy (non-hydrogen) atoms. The van der Waals surface area contributed by atoms with Crippen molar-refractivity contribution >= 4 is 9.04 Å². The molecule has 0 heterocycles. The van der Waals surface area contributed by atoms with Gasteiger partial charge in [0, 0.05) is 13.2 Å². The molecule has 3 aliphatic rings. The zero-order valence-electron chi connectivity index (χ0n) is 24.7. The van der Waals surface area contributed by atoms with Gasteiger partial charge in [-0.25, -0.2) is 0 Å². The van der Waals surface area contributed by atoms with Gasteiger partial charge >= 0.3 is 0 Å². The number of aliphatic hydroxyl groups is 1. The molecule has 4 heteroatoms. The second-order valence-electron chi connectivity index (χ2n) is 13.9. The molecule has 0 unspecified atom stereocenters. The number of aliphatic hydroxyl groups excluding tert-OH is 1. The van der Waals surface area contributed by atoms with Crippen LogP contribution in [-0.4, -0.2) is 34.5 Å². The normalized spacial score (nSPS) is 33.1. The first kappa shape index (κ1) is 28.9. The van der Waals surface area contributed by atoms with Gasteiger partial charge in [0.15, 0.2) is 9.04 Å². The molecular weight excluding hydrogens is 472 g/mol. The number of hydrogen-bond donors (Lipinski definition) is 1. The van der Waals surface area contributed by atoms with Crippen LogP contribution in [0.4, 0.5) is 0 Å². The molecule has 0 aliphatic heterocycles. The van der Waals surface area contributed by atoms with Gasteiger partial charge in [-0.05, 0) is 121 Å². The molecule has 1 aromatic rings. The van der Waals surface area contributed by atoms with Crippen molar-refractivity contribution in [3.8, 4) is 5.75 Å². The molecule has 1 aromatic carbocycles. The summed E-state index contributed by atoms with van der Waals surface area (Å²) in [7, 11) is 0.651. The smallest absolute Gasteiger partial charge is 0.170 e. The molecule has 1 N–H and O–H groups in total. The third kappa shape index (κ3) is 5.37. The molecule has 0 saturated heterocycles. The fourth-order valence-corrected chi connectivity index (χ4v) is 9.99. The van der Waals surface area contributed by atoms with Crippen LogP contribution in [-0.2, 0) is 10.8 Å². The van der Waals surface area contributed by atoms with E-state index in [1.807, 2.05) is 0 Å². The van der Waals surface area contributed by atoms with E-state index < -0.39 is 9.04 Å². The zero-order valence-corrected chi connectivity index (χ0v) is 25.8. The summed E-state index contributed by atoms with van der Waals surface area (Å²) in [5.74, 6) is 3.48. The molecule has 0 spiro atoms. The lowest BCUT2D eigenvalue weighted by Crippen LogP contribution is -2.57. The van der Waals surface area contributed by atoms with Crippen LogP contribution in [0.15, 0.2) is 30.9 Å². The topological polar surface area (TPSA) is 38.7 Å². The summed E-state index contributed by atoms with van der Waals surface area (Å²) in [4.78, 5) is 0. The van der Waals surface area contributed by atoms with E-state index in [4.69, 9.17) is 9.16 Å². The predicted molar refractivity (Wildman–Crippen MR) is 158 cm³/mol. The van der Waals surface area contributed by atoms with Crippen LogP contribution in [0.25, 0.3) is 0 Å². The number of rotatable bonds is 11. The number of fused-ring (bicyclic) bond motifs is 5. The van der Waals surface area contributed by atoms with Gasteiger partial charge in [-0.3, -0.25) is 0 Å². The molecule has 3 aliphatic carbocycles. The molecule has 4 rings (SSSR count). The number of unbranched alkanes of at least 4 members (excludes halogenated alkanes) is 3. The Morgan fingerprint density at radius 1 is 1.14 bits per heavy atom. The van der Waals surface area contributed by atoms with Gasteiger partial charge in [-0.2, -0.15) is 0 Å². The zero-order chi connectivity index (χ0) is 26.8. The predicted octanol–water partition coefficient (Wildman–Crippen LogP) is 7.92. The molecule has 2 saturated carbocycles. The van der Waals surface area contributed by atoms with Gasteiger partial charge in [0.05, 0.1) is 7.11 Å². The van der Waals surface area contributed by atoms with Crippen molar-refractivity contribution in [3.05, 3.63) is 42.0 Å². The van der Waals surface area contributed by atoms with Crippen molar-refractivity contribution in [1.82, 2.24) is 0 Å². The van der Waals surface area contributed by atoms with Gasteiger partial charge in [-0.15, -0.1) is 6.58 Å². The third-order valence-corrected chi connectivity index (χ3v) is 11.4. The van der Waals surface area contributed by atoms with Crippen LogP contribution in [0.2, 0.25) is 13.1 Å². The van der Waals surface area contributed by atoms with Crippen LogP contribution in [0.5, 0.6) is 5.75 Å². The van der Waals surface area contributed by atoms with Crippen molar-refractivity contribution in [2.24, 2.45) is 34.0 Å². The molecule has 0 amide bonds. The minimum absolute atomic E-state index is 0.136. The number of ether oxygens (including phenoxy) is 1. The van der Waals surface area contributed by atoms with Crippen molar-refractivity contribution in [3.63, 3.8) is 0 Å². The maximum Gasteiger partial charge on any atom is 0.170 e. The van der Waals surface area contributed by atoms with Gasteiger partial charge < -0.3 is 14.3 Å². The Morgan fingerprint density at radius 2 is 1.89 bits per heavy atom. The molecule has 3 nitrogen and oxygen atoms in total. The lowest BCUT2D eigenvalue weighted by Gasteiger charge is -2.63. The molecular formula is C33H54O3Si. The summed E-state index contributed by atoms with van der Waals surface area (Å²) in [6.07, 6.45) is 14.5. The fraction of sp³-hybridized carbons (Fsp3) is 0.758. The lowest BCUT2D eigenvalue weighted by atomic mass is 9.42. The SMILES string of the molecule is C=C[C@@]12CCc3cc(OC)ccc3[C@H]1[C@@H](CCCCCCO)C[C@]1(CO[SiH](C)C)[C@@H](C(C)(C)C)CC[C@@H]21.